The summed E-state index contributed by atoms with van der Waals surface area (Å²) in [7, 11) is 7.83. The number of anilines is 4. The van der Waals surface area contributed by atoms with Gasteiger partial charge in [0, 0.05) is 55.6 Å². The van der Waals surface area contributed by atoms with Crippen molar-refractivity contribution in [3.05, 3.63) is 60.5 Å². The molecule has 0 radical (unpaired) electrons. The second kappa shape index (κ2) is 11.7. The van der Waals surface area contributed by atoms with Crippen LogP contribution in [0.5, 0.6) is 5.75 Å². The predicted molar refractivity (Wildman–Crippen MR) is 162 cm³/mol. The summed E-state index contributed by atoms with van der Waals surface area (Å²) in [4.78, 5) is 18.3. The van der Waals surface area contributed by atoms with Gasteiger partial charge in [0.25, 0.3) is 0 Å². The lowest BCUT2D eigenvalue weighted by Crippen LogP contribution is -2.42. The molecule has 1 aliphatic rings. The van der Waals surface area contributed by atoms with Crippen molar-refractivity contribution in [3.63, 3.8) is 0 Å². The van der Waals surface area contributed by atoms with Crippen LogP contribution < -0.4 is 20.3 Å². The first-order valence-corrected chi connectivity index (χ1v) is 13.6. The molecule has 11 heteroatoms. The Bertz CT molecular complexity index is 1510. The lowest BCUT2D eigenvalue weighted by Gasteiger charge is -2.37. The second-order valence-electron chi connectivity index (χ2n) is 10.2. The molecule has 0 bridgehead atoms. The number of hydrogen-bond donors (Lipinski definition) is 3. The Morgan fingerprint density at radius 3 is 2.65 bits per heavy atom. The Morgan fingerprint density at radius 2 is 1.95 bits per heavy atom. The van der Waals surface area contributed by atoms with Gasteiger partial charge in [-0.15, -0.1) is 0 Å². The topological polar surface area (TPSA) is 104 Å². The molecule has 0 spiro atoms. The van der Waals surface area contributed by atoms with E-state index in [9.17, 15) is 5.11 Å². The summed E-state index contributed by atoms with van der Waals surface area (Å²) in [6, 6.07) is 8.42. The van der Waals surface area contributed by atoms with E-state index in [4.69, 9.17) is 21.3 Å². The number of aromatic nitrogens is 4. The number of nitrogens with one attached hydrogen (secondary N) is 2. The maximum atomic E-state index is 10.4. The molecule has 1 fully saturated rings. The van der Waals surface area contributed by atoms with E-state index in [-0.39, 0.29) is 0 Å². The highest BCUT2D eigenvalue weighted by atomic mass is 35.5. The van der Waals surface area contributed by atoms with Crippen molar-refractivity contribution in [1.82, 2.24) is 24.4 Å². The monoisotopic (exact) mass is 562 g/mol. The van der Waals surface area contributed by atoms with Gasteiger partial charge in [-0.1, -0.05) is 18.2 Å². The van der Waals surface area contributed by atoms with Crippen LogP contribution in [-0.2, 0) is 7.05 Å². The lowest BCUT2D eigenvalue weighted by atomic mass is 10.0. The second-order valence-corrected chi connectivity index (χ2v) is 10.6. The molecule has 4 aromatic rings. The van der Waals surface area contributed by atoms with E-state index < -0.39 is 6.23 Å². The van der Waals surface area contributed by atoms with E-state index in [1.54, 1.807) is 19.5 Å². The highest BCUT2D eigenvalue weighted by molar-refractivity contribution is 6.33. The van der Waals surface area contributed by atoms with Crippen LogP contribution in [0.3, 0.4) is 0 Å². The van der Waals surface area contributed by atoms with Crippen molar-refractivity contribution in [2.24, 2.45) is 7.05 Å². The third-order valence-corrected chi connectivity index (χ3v) is 7.63. The van der Waals surface area contributed by atoms with E-state index in [2.05, 4.69) is 51.1 Å². The van der Waals surface area contributed by atoms with Crippen LogP contribution in [0.4, 0.5) is 23.0 Å². The van der Waals surface area contributed by atoms with Gasteiger partial charge in [-0.25, -0.2) is 15.0 Å². The van der Waals surface area contributed by atoms with Crippen molar-refractivity contribution < 1.29 is 9.84 Å². The largest absolute Gasteiger partial charge is 0.494 e. The molecule has 1 atom stereocenters. The molecule has 1 unspecified atom stereocenters. The number of benzene rings is 1. The van der Waals surface area contributed by atoms with Crippen LogP contribution in [0, 0.1) is 0 Å². The van der Waals surface area contributed by atoms with Gasteiger partial charge < -0.3 is 34.8 Å². The van der Waals surface area contributed by atoms with Crippen LogP contribution in [0.2, 0.25) is 5.02 Å². The third-order valence-electron chi connectivity index (χ3n) is 7.35. The van der Waals surface area contributed by atoms with Gasteiger partial charge in [0.1, 0.15) is 17.6 Å². The molecule has 4 heterocycles. The highest BCUT2D eigenvalue weighted by Crippen LogP contribution is 2.40. The molecular formula is C29H35ClN8O2. The highest BCUT2D eigenvalue weighted by Gasteiger charge is 2.24. The molecule has 1 aromatic carbocycles. The summed E-state index contributed by atoms with van der Waals surface area (Å²) in [5, 5.41) is 18.2. The minimum Gasteiger partial charge on any atom is -0.494 e. The number of halogens is 1. The summed E-state index contributed by atoms with van der Waals surface area (Å²) < 4.78 is 7.74. The first-order chi connectivity index (χ1) is 19.3. The molecule has 210 valence electrons. The van der Waals surface area contributed by atoms with Crippen LogP contribution in [0.15, 0.2) is 55.5 Å². The van der Waals surface area contributed by atoms with Gasteiger partial charge in [0.2, 0.25) is 5.95 Å². The average Bonchev–Trinajstić information content (AvgIpc) is 3.33. The van der Waals surface area contributed by atoms with Crippen molar-refractivity contribution in [1.29, 1.82) is 0 Å². The molecule has 0 aliphatic carbocycles. The molecular weight excluding hydrogens is 528 g/mol. The molecule has 1 saturated heterocycles. The van der Waals surface area contributed by atoms with Gasteiger partial charge >= 0.3 is 0 Å². The van der Waals surface area contributed by atoms with Gasteiger partial charge in [-0.3, -0.25) is 0 Å². The lowest BCUT2D eigenvalue weighted by molar-refractivity contribution is 0.248. The normalized spacial score (nSPS) is 14.9. The van der Waals surface area contributed by atoms with Crippen molar-refractivity contribution in [2.75, 3.05) is 49.8 Å². The van der Waals surface area contributed by atoms with Gasteiger partial charge in [-0.2, -0.15) is 0 Å². The SMILES string of the molecule is C=CC(O)Nc1cc(Nc2ncc(Cl)c(-c3cnc4c(ccn4C)c3)n2)c(OC)cc1N1CCC(N(C)C)CC1. The van der Waals surface area contributed by atoms with Crippen molar-refractivity contribution in [2.45, 2.75) is 25.1 Å². The van der Waals surface area contributed by atoms with Crippen molar-refractivity contribution in [3.8, 4) is 17.0 Å². The van der Waals surface area contributed by atoms with Crippen LogP contribution in [0.25, 0.3) is 22.3 Å². The number of rotatable bonds is 9. The molecule has 1 aliphatic heterocycles. The molecule has 3 N–H and O–H groups in total. The Hall–Kier alpha value is -3.86. The summed E-state index contributed by atoms with van der Waals surface area (Å²) in [6.45, 7) is 5.49. The number of piperidine rings is 1. The minimum absolute atomic E-state index is 0.348. The molecule has 5 rings (SSSR count). The Balaban J connectivity index is 1.48. The Kier molecular flexibility index (Phi) is 8.11. The molecule has 10 nitrogen and oxygen atoms in total. The number of aliphatic hydroxyl groups excluding tert-OH is 1. The average molecular weight is 563 g/mol. The molecule has 40 heavy (non-hydrogen) atoms. The van der Waals surface area contributed by atoms with Gasteiger partial charge in [-0.05, 0) is 51.2 Å². The van der Waals surface area contributed by atoms with Gasteiger partial charge in [0.05, 0.1) is 41.1 Å². The fraction of sp³-hybridized carbons (Fsp3) is 0.345. The molecule has 0 saturated carbocycles. The number of aliphatic hydroxyl groups is 1. The quantitative estimate of drug-likeness (QED) is 0.194. The molecule has 3 aromatic heterocycles. The summed E-state index contributed by atoms with van der Waals surface area (Å²) >= 11 is 6.52. The Labute approximate surface area is 239 Å². The predicted octanol–water partition coefficient (Wildman–Crippen LogP) is 4.88. The smallest absolute Gasteiger partial charge is 0.227 e. The third kappa shape index (κ3) is 5.70. The number of hydrogen-bond acceptors (Lipinski definition) is 9. The van der Waals surface area contributed by atoms with Crippen molar-refractivity contribution >= 4 is 45.6 Å². The summed E-state index contributed by atoms with van der Waals surface area (Å²) in [5.41, 5.74) is 4.56. The van der Waals surface area contributed by atoms with Gasteiger partial charge in [0.15, 0.2) is 0 Å². The van der Waals surface area contributed by atoms with E-state index >= 15 is 0 Å². The number of pyridine rings is 1. The van der Waals surface area contributed by atoms with E-state index in [1.807, 2.05) is 42.1 Å². The van der Waals surface area contributed by atoms with Crippen LogP contribution >= 0.6 is 11.6 Å². The van der Waals surface area contributed by atoms with E-state index in [1.165, 1.54) is 6.08 Å². The minimum atomic E-state index is -0.918. The fourth-order valence-corrected chi connectivity index (χ4v) is 5.29. The number of fused-ring (bicyclic) bond motifs is 1. The first kappa shape index (κ1) is 27.7. The fourth-order valence-electron chi connectivity index (χ4n) is 5.09. The zero-order chi connectivity index (χ0) is 28.4. The molecule has 0 amide bonds. The number of methoxy groups -OCH3 is 1. The number of nitrogens with zero attached hydrogens (tertiary/aromatic N) is 6. The van der Waals surface area contributed by atoms with E-state index in [0.717, 1.165) is 53.9 Å². The van der Waals surface area contributed by atoms with E-state index in [0.29, 0.717) is 34.1 Å². The maximum absolute atomic E-state index is 10.4. The Morgan fingerprint density at radius 1 is 1.18 bits per heavy atom. The first-order valence-electron chi connectivity index (χ1n) is 13.2. The summed E-state index contributed by atoms with van der Waals surface area (Å²) in [6.07, 6.45) is 7.91. The number of ether oxygens (including phenoxy) is 1. The zero-order valence-corrected chi connectivity index (χ0v) is 24.0. The number of aryl methyl sites for hydroxylation is 1. The maximum Gasteiger partial charge on any atom is 0.227 e. The zero-order valence-electron chi connectivity index (χ0n) is 23.2. The van der Waals surface area contributed by atoms with Crippen LogP contribution in [0.1, 0.15) is 12.8 Å². The standard InChI is InChI=1S/C29H35ClN8O2/c1-6-26(39)33-22-14-23(25(40-5)15-24(22)38-11-8-20(9-12-38)36(2)3)34-29-32-17-21(30)27(35-29)19-13-18-7-10-37(4)28(18)31-16-19/h6-7,10,13-17,20,26,33,39H,1,8-9,11-12H2,2-5H3,(H,32,34,35). The summed E-state index contributed by atoms with van der Waals surface area (Å²) in [5.74, 6) is 0.969. The van der Waals surface area contributed by atoms with Crippen LogP contribution in [-0.4, -0.2) is 76.1 Å².